The van der Waals surface area contributed by atoms with Gasteiger partial charge in [-0.25, -0.2) is 12.8 Å². The molecule has 0 aromatic heterocycles. The maximum atomic E-state index is 14.3. The minimum Gasteiger partial charge on any atom is -0.497 e. The second-order valence-electron chi connectivity index (χ2n) is 7.62. The summed E-state index contributed by atoms with van der Waals surface area (Å²) in [7, 11) is -2.45. The predicted molar refractivity (Wildman–Crippen MR) is 124 cm³/mol. The quantitative estimate of drug-likeness (QED) is 0.410. The highest BCUT2D eigenvalue weighted by Gasteiger charge is 2.30. The maximum absolute atomic E-state index is 14.3. The number of anilines is 1. The highest BCUT2D eigenvalue weighted by atomic mass is 32.2. The van der Waals surface area contributed by atoms with Gasteiger partial charge in [-0.15, -0.1) is 0 Å². The van der Waals surface area contributed by atoms with Gasteiger partial charge in [0.15, 0.2) is 0 Å². The number of carbonyl (C=O) groups excluding carboxylic acids is 1. The molecule has 1 aliphatic rings. The molecule has 0 atom stereocenters. The van der Waals surface area contributed by atoms with E-state index in [0.29, 0.717) is 5.75 Å². The number of hydrogen-bond acceptors (Lipinski definition) is 7. The summed E-state index contributed by atoms with van der Waals surface area (Å²) in [4.78, 5) is 27.0. The van der Waals surface area contributed by atoms with Gasteiger partial charge in [-0.1, -0.05) is 13.8 Å². The molecule has 0 unspecified atom stereocenters. The highest BCUT2D eigenvalue weighted by molar-refractivity contribution is 7.89. The van der Waals surface area contributed by atoms with Crippen molar-refractivity contribution in [3.05, 3.63) is 57.9 Å². The molecular formula is C22H27FN4O6S. The zero-order valence-corrected chi connectivity index (χ0v) is 20.0. The van der Waals surface area contributed by atoms with Gasteiger partial charge in [-0.2, -0.15) is 4.31 Å². The highest BCUT2D eigenvalue weighted by Crippen LogP contribution is 2.32. The first-order chi connectivity index (χ1) is 16.1. The molecule has 0 spiro atoms. The lowest BCUT2D eigenvalue weighted by Gasteiger charge is -2.36. The van der Waals surface area contributed by atoms with Crippen molar-refractivity contribution in [3.63, 3.8) is 0 Å². The number of benzene rings is 2. The Morgan fingerprint density at radius 3 is 2.29 bits per heavy atom. The lowest BCUT2D eigenvalue weighted by molar-refractivity contribution is -0.384. The third-order valence-electron chi connectivity index (χ3n) is 5.80. The molecule has 2 aromatic rings. The normalized spacial score (nSPS) is 14.4. The van der Waals surface area contributed by atoms with Gasteiger partial charge in [0.05, 0.1) is 22.5 Å². The minimum absolute atomic E-state index is 0.0776. The molecule has 0 aliphatic carbocycles. The maximum Gasteiger partial charge on any atom is 0.293 e. The number of nitro groups is 1. The number of hydrogen-bond donors (Lipinski definition) is 0. The van der Waals surface area contributed by atoms with E-state index in [4.69, 9.17) is 4.74 Å². The van der Waals surface area contributed by atoms with Crippen molar-refractivity contribution in [1.29, 1.82) is 0 Å². The summed E-state index contributed by atoms with van der Waals surface area (Å²) < 4.78 is 46.1. The molecule has 1 saturated heterocycles. The van der Waals surface area contributed by atoms with Crippen molar-refractivity contribution in [2.75, 3.05) is 51.3 Å². The third-order valence-corrected chi connectivity index (χ3v) is 7.85. The zero-order chi connectivity index (χ0) is 25.0. The molecule has 0 N–H and O–H groups in total. The molecule has 34 heavy (non-hydrogen) atoms. The first-order valence-corrected chi connectivity index (χ1v) is 12.2. The van der Waals surface area contributed by atoms with E-state index in [1.165, 1.54) is 40.6 Å². The number of carbonyl (C=O) groups is 1. The van der Waals surface area contributed by atoms with Crippen LogP contribution in [0.5, 0.6) is 5.75 Å². The van der Waals surface area contributed by atoms with Crippen LogP contribution in [0.2, 0.25) is 0 Å². The predicted octanol–water partition coefficient (Wildman–Crippen LogP) is 2.74. The van der Waals surface area contributed by atoms with E-state index in [0.717, 1.165) is 12.1 Å². The Bertz CT molecular complexity index is 1180. The van der Waals surface area contributed by atoms with Crippen LogP contribution in [0, 0.1) is 15.9 Å². The average molecular weight is 495 g/mol. The number of amides is 1. The number of halogens is 1. The summed E-state index contributed by atoms with van der Waals surface area (Å²) in [6, 6.07) is 7.87. The van der Waals surface area contributed by atoms with E-state index < -0.39 is 26.7 Å². The summed E-state index contributed by atoms with van der Waals surface area (Å²) in [6.45, 7) is 4.88. The number of methoxy groups -OCH3 is 1. The van der Waals surface area contributed by atoms with Crippen molar-refractivity contribution in [2.45, 2.75) is 18.7 Å². The molecule has 10 nitrogen and oxygen atoms in total. The molecule has 1 heterocycles. The van der Waals surface area contributed by atoms with Crippen LogP contribution in [-0.4, -0.2) is 74.8 Å². The van der Waals surface area contributed by atoms with Crippen molar-refractivity contribution in [3.8, 4) is 5.75 Å². The van der Waals surface area contributed by atoms with Crippen LogP contribution in [-0.2, 0) is 10.0 Å². The standard InChI is InChI=1S/C22H27FN4O6S/c1-4-26(5-2)34(31,32)17-7-9-20(21(15-17)27(29)30)24-10-12-25(13-11-24)22(28)18-8-6-16(33-3)14-19(18)23/h6-9,14-15H,4-5,10-13H2,1-3H3. The van der Waals surface area contributed by atoms with Crippen LogP contribution in [0.1, 0.15) is 24.2 Å². The fraction of sp³-hybridized carbons (Fsp3) is 0.409. The van der Waals surface area contributed by atoms with Gasteiger partial charge in [0.2, 0.25) is 10.0 Å². The monoisotopic (exact) mass is 494 g/mol. The van der Waals surface area contributed by atoms with Crippen LogP contribution < -0.4 is 9.64 Å². The van der Waals surface area contributed by atoms with E-state index in [9.17, 15) is 27.7 Å². The van der Waals surface area contributed by atoms with Gasteiger partial charge in [-0.3, -0.25) is 14.9 Å². The number of nitro benzene ring substituents is 1. The minimum atomic E-state index is -3.85. The molecule has 3 rings (SSSR count). The van der Waals surface area contributed by atoms with Gasteiger partial charge < -0.3 is 14.5 Å². The van der Waals surface area contributed by atoms with Gasteiger partial charge >= 0.3 is 0 Å². The number of nitrogens with zero attached hydrogens (tertiary/aromatic N) is 4. The van der Waals surface area contributed by atoms with Gasteiger partial charge in [0, 0.05) is 51.4 Å². The molecule has 184 valence electrons. The number of sulfonamides is 1. The second-order valence-corrected chi connectivity index (χ2v) is 9.56. The Morgan fingerprint density at radius 2 is 1.76 bits per heavy atom. The first-order valence-electron chi connectivity index (χ1n) is 10.8. The smallest absolute Gasteiger partial charge is 0.293 e. The van der Waals surface area contributed by atoms with E-state index in [-0.39, 0.29) is 61.1 Å². The SMILES string of the molecule is CCN(CC)S(=O)(=O)c1ccc(N2CCN(C(=O)c3ccc(OC)cc3F)CC2)c([N+](=O)[O-])c1. The summed E-state index contributed by atoms with van der Waals surface area (Å²) in [5, 5.41) is 11.8. The number of piperazine rings is 1. The van der Waals surface area contributed by atoms with Crippen molar-refractivity contribution in [2.24, 2.45) is 0 Å². The Hall–Kier alpha value is -3.25. The molecule has 1 fully saturated rings. The van der Waals surface area contributed by atoms with E-state index >= 15 is 0 Å². The van der Waals surface area contributed by atoms with Gasteiger partial charge in [0.25, 0.3) is 11.6 Å². The molecule has 12 heteroatoms. The van der Waals surface area contributed by atoms with Crippen molar-refractivity contribution >= 4 is 27.3 Å². The summed E-state index contributed by atoms with van der Waals surface area (Å²) in [5.41, 5.74) is -0.133. The van der Waals surface area contributed by atoms with Gasteiger partial charge in [-0.05, 0) is 24.3 Å². The topological polar surface area (TPSA) is 113 Å². The van der Waals surface area contributed by atoms with Crippen LogP contribution in [0.3, 0.4) is 0 Å². The van der Waals surface area contributed by atoms with E-state index in [1.807, 2.05) is 0 Å². The fourth-order valence-electron chi connectivity index (χ4n) is 3.91. The summed E-state index contributed by atoms with van der Waals surface area (Å²) in [5.74, 6) is -0.861. The Balaban J connectivity index is 1.79. The lowest BCUT2D eigenvalue weighted by Crippen LogP contribution is -2.49. The van der Waals surface area contributed by atoms with E-state index in [2.05, 4.69) is 0 Å². The lowest BCUT2D eigenvalue weighted by atomic mass is 10.1. The Labute approximate surface area is 197 Å². The molecule has 2 aromatic carbocycles. The second kappa shape index (κ2) is 10.3. The third kappa shape index (κ3) is 4.97. The molecule has 0 saturated carbocycles. The average Bonchev–Trinajstić information content (AvgIpc) is 2.83. The number of rotatable bonds is 8. The van der Waals surface area contributed by atoms with Crippen LogP contribution >= 0.6 is 0 Å². The molecule has 1 aliphatic heterocycles. The Morgan fingerprint density at radius 1 is 1.12 bits per heavy atom. The largest absolute Gasteiger partial charge is 0.497 e. The fourth-order valence-corrected chi connectivity index (χ4v) is 5.39. The summed E-state index contributed by atoms with van der Waals surface area (Å²) in [6.07, 6.45) is 0. The zero-order valence-electron chi connectivity index (χ0n) is 19.2. The molecule has 1 amide bonds. The van der Waals surface area contributed by atoms with Crippen molar-refractivity contribution < 1.29 is 27.3 Å². The van der Waals surface area contributed by atoms with Crippen LogP contribution in [0.25, 0.3) is 0 Å². The summed E-state index contributed by atoms with van der Waals surface area (Å²) >= 11 is 0. The van der Waals surface area contributed by atoms with Crippen LogP contribution in [0.4, 0.5) is 15.8 Å². The molecular weight excluding hydrogens is 467 g/mol. The van der Waals surface area contributed by atoms with Crippen molar-refractivity contribution in [1.82, 2.24) is 9.21 Å². The first kappa shape index (κ1) is 25.4. The number of ether oxygens (including phenoxy) is 1. The van der Waals surface area contributed by atoms with E-state index in [1.54, 1.807) is 18.7 Å². The van der Waals surface area contributed by atoms with Gasteiger partial charge in [0.1, 0.15) is 17.3 Å². The van der Waals surface area contributed by atoms with Crippen LogP contribution in [0.15, 0.2) is 41.3 Å². The Kier molecular flexibility index (Phi) is 7.72. The molecule has 0 bridgehead atoms. The molecule has 0 radical (unpaired) electrons.